The molecule has 0 amide bonds. The third-order valence-electron chi connectivity index (χ3n) is 2.09. The Morgan fingerprint density at radius 3 is 2.21 bits per heavy atom. The van der Waals surface area contributed by atoms with Crippen molar-refractivity contribution < 1.29 is 8.42 Å². The fourth-order valence-corrected chi connectivity index (χ4v) is 1.92. The lowest BCUT2D eigenvalue weighted by molar-refractivity contribution is 0.449. The second-order valence-corrected chi connectivity index (χ2v) is 6.70. The molecule has 86 valence electrons. The first-order valence-corrected chi connectivity index (χ1v) is 7.28. The fraction of sp³-hybridized carbons (Fsp3) is 1.00. The lowest BCUT2D eigenvalue weighted by Crippen LogP contribution is -2.28. The van der Waals surface area contributed by atoms with Crippen LogP contribution in [0, 0.1) is 5.92 Å². The van der Waals surface area contributed by atoms with Crippen molar-refractivity contribution in [2.75, 3.05) is 18.6 Å². The van der Waals surface area contributed by atoms with Gasteiger partial charge in [0.25, 0.3) is 0 Å². The van der Waals surface area contributed by atoms with Gasteiger partial charge in [0.15, 0.2) is 0 Å². The SMILES string of the molecule is CC(CCCS(C)(=O)=O)CNC(C)C. The van der Waals surface area contributed by atoms with Gasteiger partial charge in [0.05, 0.1) is 0 Å². The molecule has 0 saturated heterocycles. The molecule has 14 heavy (non-hydrogen) atoms. The Kier molecular flexibility index (Phi) is 6.36. The van der Waals surface area contributed by atoms with E-state index < -0.39 is 9.84 Å². The van der Waals surface area contributed by atoms with Crippen LogP contribution in [0.25, 0.3) is 0 Å². The molecule has 3 nitrogen and oxygen atoms in total. The van der Waals surface area contributed by atoms with Crippen LogP contribution in [0.3, 0.4) is 0 Å². The minimum absolute atomic E-state index is 0.318. The summed E-state index contributed by atoms with van der Waals surface area (Å²) in [5.41, 5.74) is 0. The lowest BCUT2D eigenvalue weighted by Gasteiger charge is -2.14. The van der Waals surface area contributed by atoms with Crippen LogP contribution in [0.1, 0.15) is 33.6 Å². The van der Waals surface area contributed by atoms with Crippen LogP contribution in [0.15, 0.2) is 0 Å². The van der Waals surface area contributed by atoms with E-state index >= 15 is 0 Å². The zero-order valence-electron chi connectivity index (χ0n) is 9.71. The van der Waals surface area contributed by atoms with Crippen LogP contribution >= 0.6 is 0 Å². The van der Waals surface area contributed by atoms with Crippen molar-refractivity contribution in [3.63, 3.8) is 0 Å². The van der Waals surface area contributed by atoms with Gasteiger partial charge in [0, 0.05) is 18.1 Å². The highest BCUT2D eigenvalue weighted by Crippen LogP contribution is 2.05. The quantitative estimate of drug-likeness (QED) is 0.707. The zero-order chi connectivity index (χ0) is 11.2. The third-order valence-corrected chi connectivity index (χ3v) is 3.12. The van der Waals surface area contributed by atoms with Gasteiger partial charge in [-0.3, -0.25) is 0 Å². The highest BCUT2D eigenvalue weighted by molar-refractivity contribution is 7.90. The summed E-state index contributed by atoms with van der Waals surface area (Å²) in [6.45, 7) is 7.35. The number of sulfone groups is 1. The molecule has 0 aliphatic heterocycles. The number of hydrogen-bond acceptors (Lipinski definition) is 3. The molecule has 4 heteroatoms. The van der Waals surface area contributed by atoms with Crippen LogP contribution in [0.5, 0.6) is 0 Å². The third kappa shape index (κ3) is 9.99. The maximum atomic E-state index is 10.9. The molecule has 0 aliphatic carbocycles. The van der Waals surface area contributed by atoms with Crippen LogP contribution in [-0.4, -0.2) is 33.0 Å². The Bertz CT molecular complexity index is 235. The first-order chi connectivity index (χ1) is 6.31. The summed E-state index contributed by atoms with van der Waals surface area (Å²) < 4.78 is 21.7. The summed E-state index contributed by atoms with van der Waals surface area (Å²) in [4.78, 5) is 0. The van der Waals surface area contributed by atoms with Crippen LogP contribution < -0.4 is 5.32 Å². The summed E-state index contributed by atoms with van der Waals surface area (Å²) in [7, 11) is -2.77. The molecular weight excluding hydrogens is 198 g/mol. The van der Waals surface area contributed by atoms with Crippen LogP contribution in [0.2, 0.25) is 0 Å². The van der Waals surface area contributed by atoms with Gasteiger partial charge in [-0.1, -0.05) is 20.8 Å². The van der Waals surface area contributed by atoms with Crippen molar-refractivity contribution in [2.24, 2.45) is 5.92 Å². The summed E-state index contributed by atoms with van der Waals surface area (Å²) >= 11 is 0. The van der Waals surface area contributed by atoms with Crippen molar-refractivity contribution in [3.05, 3.63) is 0 Å². The minimum atomic E-state index is -2.77. The average molecular weight is 221 g/mol. The Morgan fingerprint density at radius 1 is 1.21 bits per heavy atom. The molecule has 0 bridgehead atoms. The van der Waals surface area contributed by atoms with E-state index in [1.807, 2.05) is 0 Å². The van der Waals surface area contributed by atoms with Gasteiger partial charge >= 0.3 is 0 Å². The number of rotatable bonds is 7. The fourth-order valence-electron chi connectivity index (χ4n) is 1.23. The van der Waals surface area contributed by atoms with E-state index in [1.54, 1.807) is 0 Å². The van der Waals surface area contributed by atoms with E-state index in [0.717, 1.165) is 19.4 Å². The summed E-state index contributed by atoms with van der Waals surface area (Å²) in [5.74, 6) is 0.873. The smallest absolute Gasteiger partial charge is 0.147 e. The monoisotopic (exact) mass is 221 g/mol. The number of hydrogen-bond donors (Lipinski definition) is 1. The maximum Gasteiger partial charge on any atom is 0.147 e. The molecular formula is C10H23NO2S. The van der Waals surface area contributed by atoms with Gasteiger partial charge in [0.1, 0.15) is 9.84 Å². The highest BCUT2D eigenvalue weighted by atomic mass is 32.2. The van der Waals surface area contributed by atoms with E-state index in [4.69, 9.17) is 0 Å². The van der Waals surface area contributed by atoms with Crippen LogP contribution in [-0.2, 0) is 9.84 Å². The second-order valence-electron chi connectivity index (χ2n) is 4.44. The standard InChI is InChI=1S/C10H23NO2S/c1-9(2)11-8-10(3)6-5-7-14(4,12)13/h9-11H,5-8H2,1-4H3. The van der Waals surface area contributed by atoms with Gasteiger partial charge in [-0.25, -0.2) is 8.42 Å². The van der Waals surface area contributed by atoms with Crippen molar-refractivity contribution >= 4 is 9.84 Å². The first-order valence-electron chi connectivity index (χ1n) is 5.22. The Balaban J connectivity index is 3.50. The molecule has 0 radical (unpaired) electrons. The zero-order valence-corrected chi connectivity index (χ0v) is 10.5. The van der Waals surface area contributed by atoms with Gasteiger partial charge < -0.3 is 5.32 Å². The maximum absolute atomic E-state index is 10.9. The predicted octanol–water partition coefficient (Wildman–Crippen LogP) is 1.45. The number of nitrogens with one attached hydrogen (secondary N) is 1. The van der Waals surface area contributed by atoms with E-state index in [2.05, 4.69) is 26.1 Å². The Labute approximate surface area is 88.2 Å². The van der Waals surface area contributed by atoms with Gasteiger partial charge in [-0.05, 0) is 25.3 Å². The molecule has 0 spiro atoms. The normalized spacial score (nSPS) is 14.6. The van der Waals surface area contributed by atoms with E-state index in [1.165, 1.54) is 6.26 Å². The Hall–Kier alpha value is -0.0900. The van der Waals surface area contributed by atoms with E-state index in [9.17, 15) is 8.42 Å². The first kappa shape index (κ1) is 13.9. The van der Waals surface area contributed by atoms with Crippen LogP contribution in [0.4, 0.5) is 0 Å². The molecule has 0 aromatic heterocycles. The lowest BCUT2D eigenvalue weighted by atomic mass is 10.1. The molecule has 0 rings (SSSR count). The van der Waals surface area contributed by atoms with E-state index in [0.29, 0.717) is 17.7 Å². The average Bonchev–Trinajstić information content (AvgIpc) is 1.98. The molecule has 0 aromatic carbocycles. The molecule has 1 unspecified atom stereocenters. The highest BCUT2D eigenvalue weighted by Gasteiger charge is 2.06. The molecule has 1 N–H and O–H groups in total. The van der Waals surface area contributed by atoms with Gasteiger partial charge in [-0.15, -0.1) is 0 Å². The summed E-state index contributed by atoms with van der Waals surface area (Å²) in [5, 5.41) is 3.34. The van der Waals surface area contributed by atoms with Gasteiger partial charge in [0.2, 0.25) is 0 Å². The minimum Gasteiger partial charge on any atom is -0.314 e. The van der Waals surface area contributed by atoms with Crippen molar-refractivity contribution in [2.45, 2.75) is 39.7 Å². The summed E-state index contributed by atoms with van der Waals surface area (Å²) in [6.07, 6.45) is 3.05. The predicted molar refractivity (Wildman–Crippen MR) is 61.2 cm³/mol. The Morgan fingerprint density at radius 2 is 1.79 bits per heavy atom. The molecule has 0 fully saturated rings. The van der Waals surface area contributed by atoms with E-state index in [-0.39, 0.29) is 0 Å². The van der Waals surface area contributed by atoms with Crippen molar-refractivity contribution in [3.8, 4) is 0 Å². The van der Waals surface area contributed by atoms with Crippen molar-refractivity contribution in [1.29, 1.82) is 0 Å². The second kappa shape index (κ2) is 6.40. The molecule has 0 aromatic rings. The molecule has 0 aliphatic rings. The molecule has 0 saturated carbocycles. The molecule has 1 atom stereocenters. The largest absolute Gasteiger partial charge is 0.314 e. The topological polar surface area (TPSA) is 46.2 Å². The molecule has 0 heterocycles. The summed E-state index contributed by atoms with van der Waals surface area (Å²) in [6, 6.07) is 0.507. The van der Waals surface area contributed by atoms with Crippen molar-refractivity contribution in [1.82, 2.24) is 5.32 Å². The van der Waals surface area contributed by atoms with Gasteiger partial charge in [-0.2, -0.15) is 0 Å².